The summed E-state index contributed by atoms with van der Waals surface area (Å²) < 4.78 is 1.86. The number of benzene rings is 1. The molecule has 0 saturated heterocycles. The molecular weight excluding hydrogens is 274 g/mol. The average Bonchev–Trinajstić information content (AvgIpc) is 3.23. The van der Waals surface area contributed by atoms with Gasteiger partial charge in [-0.15, -0.1) is 0 Å². The number of hydrogen-bond acceptors (Lipinski definition) is 3. The maximum Gasteiger partial charge on any atom is 0.137 e. The highest BCUT2D eigenvalue weighted by molar-refractivity contribution is 5.86. The van der Waals surface area contributed by atoms with Crippen molar-refractivity contribution < 1.29 is 0 Å². The van der Waals surface area contributed by atoms with E-state index in [0.717, 1.165) is 28.0 Å². The lowest BCUT2D eigenvalue weighted by Gasteiger charge is -2.02. The number of imidazole rings is 1. The van der Waals surface area contributed by atoms with Gasteiger partial charge in [-0.1, -0.05) is 0 Å². The van der Waals surface area contributed by atoms with Gasteiger partial charge in [-0.3, -0.25) is 4.57 Å². The second kappa shape index (κ2) is 4.86. The zero-order chi connectivity index (χ0) is 14.9. The van der Waals surface area contributed by atoms with Crippen LogP contribution >= 0.6 is 0 Å². The standard InChI is InChI=1S/C17H11N5/c18-9-12-1-3-15-14(7-12)8-16(21-15)13-2-4-17(20-10-13)22-6-5-19-11-22/h1-8,10-11,21H. The summed E-state index contributed by atoms with van der Waals surface area (Å²) in [5.74, 6) is 0.823. The highest BCUT2D eigenvalue weighted by Gasteiger charge is 2.05. The molecule has 0 saturated carbocycles. The summed E-state index contributed by atoms with van der Waals surface area (Å²) in [5.41, 5.74) is 3.65. The van der Waals surface area contributed by atoms with E-state index in [2.05, 4.69) is 21.0 Å². The first-order chi connectivity index (χ1) is 10.8. The molecule has 22 heavy (non-hydrogen) atoms. The Morgan fingerprint density at radius 1 is 1.14 bits per heavy atom. The van der Waals surface area contributed by atoms with Crippen molar-refractivity contribution in [2.45, 2.75) is 0 Å². The zero-order valence-electron chi connectivity index (χ0n) is 11.6. The Kier molecular flexibility index (Phi) is 2.73. The van der Waals surface area contributed by atoms with Crippen LogP contribution in [-0.2, 0) is 0 Å². The number of pyridine rings is 1. The number of nitriles is 1. The first kappa shape index (κ1) is 12.4. The van der Waals surface area contributed by atoms with Crippen LogP contribution in [0.2, 0.25) is 0 Å². The molecule has 0 aliphatic heterocycles. The van der Waals surface area contributed by atoms with Crippen LogP contribution < -0.4 is 0 Å². The van der Waals surface area contributed by atoms with E-state index in [1.54, 1.807) is 12.5 Å². The third-order valence-electron chi connectivity index (χ3n) is 3.58. The van der Waals surface area contributed by atoms with E-state index in [1.807, 2.05) is 53.4 Å². The van der Waals surface area contributed by atoms with Crippen LogP contribution in [0.4, 0.5) is 0 Å². The van der Waals surface area contributed by atoms with E-state index in [9.17, 15) is 0 Å². The monoisotopic (exact) mass is 285 g/mol. The summed E-state index contributed by atoms with van der Waals surface area (Å²) in [4.78, 5) is 11.8. The van der Waals surface area contributed by atoms with Gasteiger partial charge < -0.3 is 4.98 Å². The fourth-order valence-corrected chi connectivity index (χ4v) is 2.45. The molecule has 0 aliphatic rings. The number of H-pyrrole nitrogens is 1. The van der Waals surface area contributed by atoms with E-state index in [4.69, 9.17) is 5.26 Å². The highest BCUT2D eigenvalue weighted by atomic mass is 15.1. The van der Waals surface area contributed by atoms with E-state index in [-0.39, 0.29) is 0 Å². The Morgan fingerprint density at radius 3 is 2.82 bits per heavy atom. The van der Waals surface area contributed by atoms with Crippen LogP contribution in [0, 0.1) is 11.3 Å². The number of nitrogens with one attached hydrogen (secondary N) is 1. The van der Waals surface area contributed by atoms with Crippen molar-refractivity contribution in [3.05, 3.63) is 66.9 Å². The molecule has 0 fully saturated rings. The molecule has 3 aromatic heterocycles. The second-order valence-corrected chi connectivity index (χ2v) is 4.97. The predicted molar refractivity (Wildman–Crippen MR) is 83.4 cm³/mol. The Labute approximate surface area is 126 Å². The zero-order valence-corrected chi connectivity index (χ0v) is 11.6. The lowest BCUT2D eigenvalue weighted by molar-refractivity contribution is 0.993. The molecule has 5 heteroatoms. The molecule has 4 rings (SSSR count). The fourth-order valence-electron chi connectivity index (χ4n) is 2.45. The topological polar surface area (TPSA) is 70.3 Å². The number of nitrogens with zero attached hydrogens (tertiary/aromatic N) is 4. The third-order valence-corrected chi connectivity index (χ3v) is 3.58. The number of aromatic nitrogens is 4. The maximum absolute atomic E-state index is 8.96. The average molecular weight is 285 g/mol. The van der Waals surface area contributed by atoms with Gasteiger partial charge >= 0.3 is 0 Å². The minimum atomic E-state index is 0.659. The quantitative estimate of drug-likeness (QED) is 0.614. The minimum absolute atomic E-state index is 0.659. The molecule has 0 aliphatic carbocycles. The van der Waals surface area contributed by atoms with E-state index >= 15 is 0 Å². The van der Waals surface area contributed by atoms with E-state index in [1.165, 1.54) is 0 Å². The third kappa shape index (κ3) is 2.03. The van der Waals surface area contributed by atoms with Crippen LogP contribution in [-0.4, -0.2) is 19.5 Å². The molecule has 0 amide bonds. The van der Waals surface area contributed by atoms with Crippen molar-refractivity contribution >= 4 is 10.9 Å². The molecule has 0 bridgehead atoms. The molecular formula is C17H11N5. The first-order valence-electron chi connectivity index (χ1n) is 6.81. The van der Waals surface area contributed by atoms with Crippen LogP contribution in [0.15, 0.2) is 61.3 Å². The normalized spacial score (nSPS) is 10.7. The molecule has 4 aromatic rings. The SMILES string of the molecule is N#Cc1ccc2[nH]c(-c3ccc(-n4ccnc4)nc3)cc2c1. The summed E-state index contributed by atoms with van der Waals surface area (Å²) in [5, 5.41) is 9.99. The van der Waals surface area contributed by atoms with Gasteiger partial charge in [0.15, 0.2) is 0 Å². The highest BCUT2D eigenvalue weighted by Crippen LogP contribution is 2.24. The minimum Gasteiger partial charge on any atom is -0.354 e. The molecule has 1 N–H and O–H groups in total. The summed E-state index contributed by atoms with van der Waals surface area (Å²) in [7, 11) is 0. The largest absolute Gasteiger partial charge is 0.354 e. The van der Waals surface area contributed by atoms with Crippen molar-refractivity contribution in [3.63, 3.8) is 0 Å². The number of aromatic amines is 1. The van der Waals surface area contributed by atoms with Crippen molar-refractivity contribution in [3.8, 4) is 23.1 Å². The predicted octanol–water partition coefficient (Wildman–Crippen LogP) is 3.29. The molecule has 5 nitrogen and oxygen atoms in total. The Hall–Kier alpha value is -3.39. The van der Waals surface area contributed by atoms with Gasteiger partial charge in [0, 0.05) is 40.8 Å². The molecule has 0 atom stereocenters. The smallest absolute Gasteiger partial charge is 0.137 e. The van der Waals surface area contributed by atoms with Crippen molar-refractivity contribution in [1.29, 1.82) is 5.26 Å². The van der Waals surface area contributed by atoms with Gasteiger partial charge in [-0.25, -0.2) is 9.97 Å². The van der Waals surface area contributed by atoms with Gasteiger partial charge in [0.2, 0.25) is 0 Å². The Balaban J connectivity index is 1.74. The Bertz CT molecular complexity index is 972. The molecule has 104 valence electrons. The molecule has 0 radical (unpaired) electrons. The lowest BCUT2D eigenvalue weighted by Crippen LogP contribution is -1.93. The maximum atomic E-state index is 8.96. The molecule has 0 unspecified atom stereocenters. The van der Waals surface area contributed by atoms with Crippen LogP contribution in [0.5, 0.6) is 0 Å². The summed E-state index contributed by atoms with van der Waals surface area (Å²) >= 11 is 0. The van der Waals surface area contributed by atoms with Crippen LogP contribution in [0.25, 0.3) is 28.0 Å². The first-order valence-corrected chi connectivity index (χ1v) is 6.81. The summed E-state index contributed by atoms with van der Waals surface area (Å²) in [6.07, 6.45) is 7.12. The molecule has 0 spiro atoms. The van der Waals surface area contributed by atoms with Crippen LogP contribution in [0.1, 0.15) is 5.56 Å². The van der Waals surface area contributed by atoms with Crippen molar-refractivity contribution in [1.82, 2.24) is 19.5 Å². The number of rotatable bonds is 2. The summed E-state index contributed by atoms with van der Waals surface area (Å²) in [6.45, 7) is 0. The van der Waals surface area contributed by atoms with Gasteiger partial charge in [-0.05, 0) is 36.4 Å². The summed E-state index contributed by atoms with van der Waals surface area (Å²) in [6, 6.07) is 13.8. The number of hydrogen-bond donors (Lipinski definition) is 1. The van der Waals surface area contributed by atoms with Gasteiger partial charge in [0.1, 0.15) is 12.1 Å². The fraction of sp³-hybridized carbons (Fsp3) is 0. The Morgan fingerprint density at radius 2 is 2.09 bits per heavy atom. The lowest BCUT2D eigenvalue weighted by atomic mass is 10.1. The van der Waals surface area contributed by atoms with Gasteiger partial charge in [0.25, 0.3) is 0 Å². The van der Waals surface area contributed by atoms with Crippen LogP contribution in [0.3, 0.4) is 0 Å². The molecule has 3 heterocycles. The number of fused-ring (bicyclic) bond motifs is 1. The van der Waals surface area contributed by atoms with Gasteiger partial charge in [-0.2, -0.15) is 5.26 Å². The second-order valence-electron chi connectivity index (χ2n) is 4.97. The van der Waals surface area contributed by atoms with Gasteiger partial charge in [0.05, 0.1) is 11.6 Å². The van der Waals surface area contributed by atoms with Crippen molar-refractivity contribution in [2.75, 3.05) is 0 Å². The molecule has 1 aromatic carbocycles. The van der Waals surface area contributed by atoms with E-state index < -0.39 is 0 Å². The van der Waals surface area contributed by atoms with Crippen molar-refractivity contribution in [2.24, 2.45) is 0 Å². The van der Waals surface area contributed by atoms with E-state index in [0.29, 0.717) is 5.56 Å².